The average Bonchev–Trinajstić information content (AvgIpc) is 2.02. The molecule has 0 amide bonds. The molecular formula is C9H21NO3S. The van der Waals surface area contributed by atoms with Crippen LogP contribution in [0.1, 0.15) is 27.2 Å². The lowest BCUT2D eigenvalue weighted by atomic mass is 10.3. The van der Waals surface area contributed by atoms with E-state index in [2.05, 4.69) is 0 Å². The summed E-state index contributed by atoms with van der Waals surface area (Å²) in [6.45, 7) is 5.90. The molecule has 0 rings (SSSR count). The number of rotatable bonds is 7. The first kappa shape index (κ1) is 13.9. The first-order chi connectivity index (χ1) is 6.37. The number of nitrogens with two attached hydrogens (primary N) is 1. The van der Waals surface area contributed by atoms with Gasteiger partial charge in [-0.2, -0.15) is 0 Å². The maximum Gasteiger partial charge on any atom is 0.154 e. The van der Waals surface area contributed by atoms with Crippen LogP contribution in [0.2, 0.25) is 0 Å². The predicted octanol–water partition coefficient (Wildman–Crippen LogP) is 0.563. The molecule has 1 atom stereocenters. The van der Waals surface area contributed by atoms with Gasteiger partial charge in [-0.25, -0.2) is 8.42 Å². The Bertz CT molecular complexity index is 236. The molecule has 0 fully saturated rings. The Hall–Kier alpha value is -0.130. The molecule has 4 nitrogen and oxygen atoms in total. The monoisotopic (exact) mass is 223 g/mol. The van der Waals surface area contributed by atoms with E-state index >= 15 is 0 Å². The highest BCUT2D eigenvalue weighted by Gasteiger charge is 2.14. The van der Waals surface area contributed by atoms with E-state index in [1.165, 1.54) is 0 Å². The van der Waals surface area contributed by atoms with Crippen LogP contribution in [0.25, 0.3) is 0 Å². The van der Waals surface area contributed by atoms with Gasteiger partial charge in [0.25, 0.3) is 0 Å². The van der Waals surface area contributed by atoms with Gasteiger partial charge in [-0.3, -0.25) is 0 Å². The maximum absolute atomic E-state index is 11.4. The van der Waals surface area contributed by atoms with E-state index in [9.17, 15) is 8.42 Å². The lowest BCUT2D eigenvalue weighted by Crippen LogP contribution is -2.31. The van der Waals surface area contributed by atoms with Gasteiger partial charge in [0.1, 0.15) is 0 Å². The second kappa shape index (κ2) is 6.37. The maximum atomic E-state index is 11.4. The summed E-state index contributed by atoms with van der Waals surface area (Å²) in [6.07, 6.45) is 0.759. The summed E-state index contributed by atoms with van der Waals surface area (Å²) in [6, 6.07) is -0.251. The highest BCUT2D eigenvalue weighted by molar-refractivity contribution is 7.91. The van der Waals surface area contributed by atoms with E-state index in [4.69, 9.17) is 10.5 Å². The molecule has 0 aromatic carbocycles. The molecule has 0 aliphatic carbocycles. The molecule has 2 N–H and O–H groups in total. The molecule has 0 heterocycles. The summed E-state index contributed by atoms with van der Waals surface area (Å²) in [5.74, 6) is 0.129. The van der Waals surface area contributed by atoms with Crippen LogP contribution >= 0.6 is 0 Å². The van der Waals surface area contributed by atoms with Crippen LogP contribution in [0, 0.1) is 0 Å². The van der Waals surface area contributed by atoms with Crippen molar-refractivity contribution in [3.05, 3.63) is 0 Å². The fourth-order valence-electron chi connectivity index (χ4n) is 0.938. The molecule has 0 spiro atoms. The molecule has 5 heteroatoms. The zero-order valence-corrected chi connectivity index (χ0v) is 10.0. The summed E-state index contributed by atoms with van der Waals surface area (Å²) in [7, 11) is -3.04. The van der Waals surface area contributed by atoms with E-state index in [1.54, 1.807) is 0 Å². The molecule has 0 aliphatic heterocycles. The van der Waals surface area contributed by atoms with Crippen molar-refractivity contribution in [2.45, 2.75) is 39.3 Å². The highest BCUT2D eigenvalue weighted by Crippen LogP contribution is 1.98. The van der Waals surface area contributed by atoms with Gasteiger partial charge in [-0.15, -0.1) is 0 Å². The summed E-state index contributed by atoms with van der Waals surface area (Å²) >= 11 is 0. The van der Waals surface area contributed by atoms with E-state index in [-0.39, 0.29) is 30.3 Å². The standard InChI is InChI=1S/C9H21NO3S/c1-4-9(10)7-14(11,12)6-5-13-8(2)3/h8-9H,4-7,10H2,1-3H3. The second-order valence-corrected chi connectivity index (χ2v) is 5.93. The quantitative estimate of drug-likeness (QED) is 0.685. The molecule has 1 unspecified atom stereocenters. The van der Waals surface area contributed by atoms with Gasteiger partial charge in [0.05, 0.1) is 24.2 Å². The van der Waals surface area contributed by atoms with Gasteiger partial charge >= 0.3 is 0 Å². The van der Waals surface area contributed by atoms with Crippen molar-refractivity contribution in [1.82, 2.24) is 0 Å². The van der Waals surface area contributed by atoms with Gasteiger partial charge in [-0.1, -0.05) is 6.92 Å². The second-order valence-electron chi connectivity index (χ2n) is 3.70. The molecule has 0 saturated heterocycles. The summed E-state index contributed by atoms with van der Waals surface area (Å²) < 4.78 is 28.0. The van der Waals surface area contributed by atoms with Gasteiger partial charge in [0, 0.05) is 6.04 Å². The van der Waals surface area contributed by atoms with Gasteiger partial charge < -0.3 is 10.5 Å². The molecule has 0 aliphatic rings. The Balaban J connectivity index is 3.84. The molecule has 0 aromatic rings. The van der Waals surface area contributed by atoms with Crippen molar-refractivity contribution in [2.75, 3.05) is 18.1 Å². The van der Waals surface area contributed by atoms with Crippen LogP contribution in [-0.4, -0.2) is 38.7 Å². The van der Waals surface area contributed by atoms with Crippen LogP contribution in [0.15, 0.2) is 0 Å². The average molecular weight is 223 g/mol. The fourth-order valence-corrected chi connectivity index (χ4v) is 2.34. The number of hydrogen-bond acceptors (Lipinski definition) is 4. The summed E-state index contributed by atoms with van der Waals surface area (Å²) in [4.78, 5) is 0. The molecular weight excluding hydrogens is 202 g/mol. The van der Waals surface area contributed by atoms with Crippen LogP contribution in [0.5, 0.6) is 0 Å². The van der Waals surface area contributed by atoms with Gasteiger partial charge in [-0.05, 0) is 20.3 Å². The van der Waals surface area contributed by atoms with Crippen LogP contribution in [0.4, 0.5) is 0 Å². The first-order valence-corrected chi connectivity index (χ1v) is 6.77. The van der Waals surface area contributed by atoms with Crippen molar-refractivity contribution in [3.63, 3.8) is 0 Å². The van der Waals surface area contributed by atoms with Crippen LogP contribution in [0.3, 0.4) is 0 Å². The lowest BCUT2D eigenvalue weighted by Gasteiger charge is -2.11. The fraction of sp³-hybridized carbons (Fsp3) is 1.00. The Morgan fingerprint density at radius 1 is 1.36 bits per heavy atom. The Labute approximate surface area is 86.7 Å². The molecule has 0 bridgehead atoms. The summed E-state index contributed by atoms with van der Waals surface area (Å²) in [5, 5.41) is 0. The van der Waals surface area contributed by atoms with E-state index < -0.39 is 9.84 Å². The van der Waals surface area contributed by atoms with Crippen molar-refractivity contribution in [2.24, 2.45) is 5.73 Å². The zero-order chi connectivity index (χ0) is 11.2. The minimum Gasteiger partial charge on any atom is -0.378 e. The number of sulfone groups is 1. The normalized spacial score (nSPS) is 14.6. The highest BCUT2D eigenvalue weighted by atomic mass is 32.2. The van der Waals surface area contributed by atoms with Crippen molar-refractivity contribution in [3.8, 4) is 0 Å². The number of hydrogen-bond donors (Lipinski definition) is 1. The van der Waals surface area contributed by atoms with E-state index in [1.807, 2.05) is 20.8 Å². The largest absolute Gasteiger partial charge is 0.378 e. The topological polar surface area (TPSA) is 69.4 Å². The zero-order valence-electron chi connectivity index (χ0n) is 9.19. The predicted molar refractivity (Wildman–Crippen MR) is 58.0 cm³/mol. The Morgan fingerprint density at radius 3 is 2.36 bits per heavy atom. The number of ether oxygens (including phenoxy) is 1. The molecule has 0 aromatic heterocycles. The smallest absolute Gasteiger partial charge is 0.154 e. The van der Waals surface area contributed by atoms with Crippen molar-refractivity contribution < 1.29 is 13.2 Å². The van der Waals surface area contributed by atoms with Gasteiger partial charge in [0.2, 0.25) is 0 Å². The molecule has 0 saturated carbocycles. The minimum absolute atomic E-state index is 0.0605. The van der Waals surface area contributed by atoms with Crippen LogP contribution in [-0.2, 0) is 14.6 Å². The SMILES string of the molecule is CCC(N)CS(=O)(=O)CCOC(C)C. The third-order valence-electron chi connectivity index (χ3n) is 1.84. The summed E-state index contributed by atoms with van der Waals surface area (Å²) in [5.41, 5.74) is 5.57. The minimum atomic E-state index is -3.04. The van der Waals surface area contributed by atoms with Crippen molar-refractivity contribution in [1.29, 1.82) is 0 Å². The van der Waals surface area contributed by atoms with E-state index in [0.717, 1.165) is 0 Å². The van der Waals surface area contributed by atoms with E-state index in [0.29, 0.717) is 6.42 Å². The molecule has 86 valence electrons. The third-order valence-corrected chi connectivity index (χ3v) is 3.56. The van der Waals surface area contributed by atoms with Crippen LogP contribution < -0.4 is 5.73 Å². The van der Waals surface area contributed by atoms with Crippen molar-refractivity contribution >= 4 is 9.84 Å². The first-order valence-electron chi connectivity index (χ1n) is 4.95. The third kappa shape index (κ3) is 7.29. The molecule has 14 heavy (non-hydrogen) atoms. The lowest BCUT2D eigenvalue weighted by molar-refractivity contribution is 0.0912. The Kier molecular flexibility index (Phi) is 6.31. The molecule has 0 radical (unpaired) electrons. The van der Waals surface area contributed by atoms with Gasteiger partial charge in [0.15, 0.2) is 9.84 Å². The Morgan fingerprint density at radius 2 is 1.93 bits per heavy atom.